The first-order valence-corrected chi connectivity index (χ1v) is 3.90. The third-order valence-corrected chi connectivity index (χ3v) is 2.47. The first-order valence-electron chi connectivity index (χ1n) is 2.71. The molecule has 0 aromatic carbocycles. The monoisotopic (exact) mass is 161 g/mol. The van der Waals surface area contributed by atoms with Gasteiger partial charge in [0.1, 0.15) is 0 Å². The molecular formula is C6H8ClNS. The summed E-state index contributed by atoms with van der Waals surface area (Å²) in [5.74, 6) is 0. The van der Waals surface area contributed by atoms with Gasteiger partial charge in [-0.2, -0.15) is 0 Å². The molecule has 50 valence electrons. The van der Waals surface area contributed by atoms with Gasteiger partial charge >= 0.3 is 0 Å². The van der Waals surface area contributed by atoms with Gasteiger partial charge in [-0.25, -0.2) is 0 Å². The lowest BCUT2D eigenvalue weighted by Crippen LogP contribution is -2.01. The lowest BCUT2D eigenvalue weighted by Gasteiger charge is -1.96. The second-order valence-electron chi connectivity index (χ2n) is 1.93. The number of hydrogen-bond acceptors (Lipinski definition) is 2. The molecule has 0 spiro atoms. The van der Waals surface area contributed by atoms with E-state index in [0.29, 0.717) is 0 Å². The molecule has 2 N–H and O–H groups in total. The SMILES string of the molecule is C[C@H](N)c1ccc(Cl)s1. The number of rotatable bonds is 1. The molecule has 0 unspecified atom stereocenters. The molecule has 0 saturated carbocycles. The van der Waals surface area contributed by atoms with Gasteiger partial charge in [0, 0.05) is 10.9 Å². The largest absolute Gasteiger partial charge is 0.324 e. The summed E-state index contributed by atoms with van der Waals surface area (Å²) in [6.45, 7) is 1.95. The minimum Gasteiger partial charge on any atom is -0.324 e. The van der Waals surface area contributed by atoms with Crippen LogP contribution in [0.2, 0.25) is 4.34 Å². The Morgan fingerprint density at radius 2 is 2.33 bits per heavy atom. The number of nitrogens with two attached hydrogens (primary N) is 1. The minimum atomic E-state index is 0.113. The molecule has 0 saturated heterocycles. The summed E-state index contributed by atoms with van der Waals surface area (Å²) in [5.41, 5.74) is 5.58. The molecule has 0 aliphatic heterocycles. The summed E-state index contributed by atoms with van der Waals surface area (Å²) in [6, 6.07) is 3.94. The Bertz CT molecular complexity index is 195. The predicted octanol–water partition coefficient (Wildman–Crippen LogP) is 2.42. The van der Waals surface area contributed by atoms with Gasteiger partial charge in [0.05, 0.1) is 4.34 Å². The van der Waals surface area contributed by atoms with Gasteiger partial charge < -0.3 is 5.73 Å². The summed E-state index contributed by atoms with van der Waals surface area (Å²) >= 11 is 7.20. The van der Waals surface area contributed by atoms with E-state index in [0.717, 1.165) is 9.21 Å². The lowest BCUT2D eigenvalue weighted by molar-refractivity contribution is 0.838. The van der Waals surface area contributed by atoms with Crippen molar-refractivity contribution in [2.75, 3.05) is 0 Å². The van der Waals surface area contributed by atoms with E-state index in [9.17, 15) is 0 Å². The van der Waals surface area contributed by atoms with Crippen molar-refractivity contribution in [3.63, 3.8) is 0 Å². The van der Waals surface area contributed by atoms with Gasteiger partial charge in [-0.05, 0) is 19.1 Å². The molecular weight excluding hydrogens is 154 g/mol. The Kier molecular flexibility index (Phi) is 2.11. The van der Waals surface area contributed by atoms with Crippen molar-refractivity contribution in [2.45, 2.75) is 13.0 Å². The highest BCUT2D eigenvalue weighted by molar-refractivity contribution is 7.16. The zero-order chi connectivity index (χ0) is 6.85. The van der Waals surface area contributed by atoms with Crippen molar-refractivity contribution >= 4 is 22.9 Å². The predicted molar refractivity (Wildman–Crippen MR) is 41.9 cm³/mol. The van der Waals surface area contributed by atoms with E-state index in [1.54, 1.807) is 0 Å². The Hall–Kier alpha value is -0.0500. The summed E-state index contributed by atoms with van der Waals surface area (Å²) in [6.07, 6.45) is 0. The fraction of sp³-hybridized carbons (Fsp3) is 0.333. The van der Waals surface area contributed by atoms with Crippen LogP contribution in [-0.2, 0) is 0 Å². The normalized spacial score (nSPS) is 13.7. The van der Waals surface area contributed by atoms with Crippen molar-refractivity contribution in [1.29, 1.82) is 0 Å². The van der Waals surface area contributed by atoms with Crippen LogP contribution >= 0.6 is 22.9 Å². The van der Waals surface area contributed by atoms with Gasteiger partial charge in [-0.15, -0.1) is 11.3 Å². The molecule has 0 aliphatic carbocycles. The molecule has 1 heterocycles. The van der Waals surface area contributed by atoms with E-state index in [1.165, 1.54) is 11.3 Å². The zero-order valence-corrected chi connectivity index (χ0v) is 6.67. The van der Waals surface area contributed by atoms with Crippen molar-refractivity contribution in [1.82, 2.24) is 0 Å². The number of thiophene rings is 1. The molecule has 1 aromatic rings. The molecule has 3 heteroatoms. The molecule has 0 bridgehead atoms. The summed E-state index contributed by atoms with van der Waals surface area (Å²) in [7, 11) is 0. The second-order valence-corrected chi connectivity index (χ2v) is 3.68. The second kappa shape index (κ2) is 2.69. The standard InChI is InChI=1S/C6H8ClNS/c1-4(8)5-2-3-6(7)9-5/h2-4H,8H2,1H3/t4-/m0/s1. The summed E-state index contributed by atoms with van der Waals surface area (Å²) in [5, 5.41) is 0. The van der Waals surface area contributed by atoms with Gasteiger partial charge in [-0.1, -0.05) is 11.6 Å². The Morgan fingerprint density at radius 1 is 1.67 bits per heavy atom. The molecule has 9 heavy (non-hydrogen) atoms. The molecule has 0 aliphatic rings. The Balaban J connectivity index is 2.85. The van der Waals surface area contributed by atoms with Crippen LogP contribution < -0.4 is 5.73 Å². The van der Waals surface area contributed by atoms with E-state index in [2.05, 4.69) is 0 Å². The highest BCUT2D eigenvalue weighted by atomic mass is 35.5. The first-order chi connectivity index (χ1) is 4.20. The van der Waals surface area contributed by atoms with Crippen LogP contribution in [0, 0.1) is 0 Å². The van der Waals surface area contributed by atoms with Crippen molar-refractivity contribution in [2.24, 2.45) is 5.73 Å². The maximum Gasteiger partial charge on any atom is 0.0931 e. The third kappa shape index (κ3) is 1.68. The van der Waals surface area contributed by atoms with Crippen LogP contribution in [0.4, 0.5) is 0 Å². The summed E-state index contributed by atoms with van der Waals surface area (Å²) < 4.78 is 0.808. The van der Waals surface area contributed by atoms with Crippen LogP contribution in [0.3, 0.4) is 0 Å². The topological polar surface area (TPSA) is 26.0 Å². The average Bonchev–Trinajstić information content (AvgIpc) is 2.14. The Labute approximate surface area is 63.4 Å². The fourth-order valence-electron chi connectivity index (χ4n) is 0.573. The molecule has 0 amide bonds. The van der Waals surface area contributed by atoms with Crippen molar-refractivity contribution < 1.29 is 0 Å². The van der Waals surface area contributed by atoms with E-state index < -0.39 is 0 Å². The number of hydrogen-bond donors (Lipinski definition) is 1. The van der Waals surface area contributed by atoms with Crippen LogP contribution in [0.5, 0.6) is 0 Å². The van der Waals surface area contributed by atoms with Crippen molar-refractivity contribution in [3.05, 3.63) is 21.3 Å². The van der Waals surface area contributed by atoms with E-state index in [4.69, 9.17) is 17.3 Å². The highest BCUT2D eigenvalue weighted by Gasteiger charge is 2.00. The maximum absolute atomic E-state index is 5.67. The molecule has 1 atom stereocenters. The number of halogens is 1. The zero-order valence-electron chi connectivity index (χ0n) is 5.10. The van der Waals surface area contributed by atoms with Crippen LogP contribution in [0.1, 0.15) is 17.8 Å². The smallest absolute Gasteiger partial charge is 0.0931 e. The molecule has 0 radical (unpaired) electrons. The molecule has 1 rings (SSSR count). The molecule has 1 aromatic heterocycles. The molecule has 1 nitrogen and oxygen atoms in total. The Morgan fingerprint density at radius 3 is 2.56 bits per heavy atom. The summed E-state index contributed by atoms with van der Waals surface area (Å²) in [4.78, 5) is 1.14. The average molecular weight is 162 g/mol. The van der Waals surface area contributed by atoms with Crippen molar-refractivity contribution in [3.8, 4) is 0 Å². The fourth-order valence-corrected chi connectivity index (χ4v) is 1.59. The van der Waals surface area contributed by atoms with E-state index in [-0.39, 0.29) is 6.04 Å². The first kappa shape index (κ1) is 7.06. The van der Waals surface area contributed by atoms with Gasteiger partial charge in [-0.3, -0.25) is 0 Å². The molecule has 0 fully saturated rings. The van der Waals surface area contributed by atoms with Gasteiger partial charge in [0.2, 0.25) is 0 Å². The van der Waals surface area contributed by atoms with Gasteiger partial charge in [0.25, 0.3) is 0 Å². The van der Waals surface area contributed by atoms with E-state index in [1.807, 2.05) is 19.1 Å². The van der Waals surface area contributed by atoms with Crippen LogP contribution in [-0.4, -0.2) is 0 Å². The maximum atomic E-state index is 5.67. The van der Waals surface area contributed by atoms with Gasteiger partial charge in [0.15, 0.2) is 0 Å². The van der Waals surface area contributed by atoms with E-state index >= 15 is 0 Å². The lowest BCUT2D eigenvalue weighted by atomic mass is 10.3. The van der Waals surface area contributed by atoms with Crippen LogP contribution in [0.25, 0.3) is 0 Å². The minimum absolute atomic E-state index is 0.113. The highest BCUT2D eigenvalue weighted by Crippen LogP contribution is 2.24. The van der Waals surface area contributed by atoms with Crippen LogP contribution in [0.15, 0.2) is 12.1 Å². The third-order valence-electron chi connectivity index (χ3n) is 1.04. The quantitative estimate of drug-likeness (QED) is 0.673.